The van der Waals surface area contributed by atoms with E-state index in [0.717, 1.165) is 33.7 Å². The van der Waals surface area contributed by atoms with Gasteiger partial charge in [-0.1, -0.05) is 12.1 Å². The molecule has 0 aliphatic rings. The van der Waals surface area contributed by atoms with Crippen molar-refractivity contribution in [1.29, 1.82) is 0 Å². The fourth-order valence-electron chi connectivity index (χ4n) is 3.39. The third-order valence-corrected chi connectivity index (χ3v) is 5.96. The lowest BCUT2D eigenvalue weighted by molar-refractivity contribution is -0.138. The van der Waals surface area contributed by atoms with Gasteiger partial charge in [-0.3, -0.25) is 9.59 Å². The number of carboxylic acids is 1. The van der Waals surface area contributed by atoms with Gasteiger partial charge >= 0.3 is 12.1 Å². The minimum atomic E-state index is -4.37. The zero-order chi connectivity index (χ0) is 24.2. The van der Waals surface area contributed by atoms with E-state index in [9.17, 15) is 22.8 Å². The van der Waals surface area contributed by atoms with Crippen molar-refractivity contribution >= 4 is 23.2 Å². The number of halogens is 3. The van der Waals surface area contributed by atoms with Crippen LogP contribution in [0.3, 0.4) is 0 Å². The highest BCUT2D eigenvalue weighted by molar-refractivity contribution is 7.14. The van der Waals surface area contributed by atoms with E-state index in [-0.39, 0.29) is 25.5 Å². The van der Waals surface area contributed by atoms with Crippen molar-refractivity contribution in [1.82, 2.24) is 5.32 Å². The van der Waals surface area contributed by atoms with Crippen LogP contribution in [0.1, 0.15) is 37.7 Å². The Morgan fingerprint density at radius 3 is 2.24 bits per heavy atom. The zero-order valence-electron chi connectivity index (χ0n) is 18.0. The number of nitrogens with one attached hydrogen (secondary N) is 1. The van der Waals surface area contributed by atoms with Crippen molar-refractivity contribution in [3.05, 3.63) is 75.0 Å². The van der Waals surface area contributed by atoms with Crippen LogP contribution in [-0.4, -0.2) is 23.5 Å². The van der Waals surface area contributed by atoms with Gasteiger partial charge in [0.1, 0.15) is 12.4 Å². The molecule has 1 aromatic heterocycles. The highest BCUT2D eigenvalue weighted by atomic mass is 32.1. The van der Waals surface area contributed by atoms with Crippen LogP contribution in [0.4, 0.5) is 13.2 Å². The first-order valence-corrected chi connectivity index (χ1v) is 10.9. The van der Waals surface area contributed by atoms with Crippen molar-refractivity contribution in [2.24, 2.45) is 0 Å². The second kappa shape index (κ2) is 10.1. The summed E-state index contributed by atoms with van der Waals surface area (Å²) in [6, 6.07) is 12.2. The normalized spacial score (nSPS) is 11.3. The van der Waals surface area contributed by atoms with E-state index in [2.05, 4.69) is 5.32 Å². The number of thiophene rings is 1. The standard InChI is InChI=1S/C24H22F3NO4S/c1-14-11-18(12-15(2)22(14)16-3-5-17(6-4-16)24(25,26)27)32-13-19-7-8-20(33-19)23(31)28-10-9-21(29)30/h3-8,11-12H,9-10,13H2,1-2H3,(H,28,31)(H,29,30). The van der Waals surface area contributed by atoms with E-state index in [1.807, 2.05) is 26.0 Å². The van der Waals surface area contributed by atoms with Gasteiger partial charge in [0.15, 0.2) is 0 Å². The second-order valence-corrected chi connectivity index (χ2v) is 8.63. The topological polar surface area (TPSA) is 75.6 Å². The quantitative estimate of drug-likeness (QED) is 0.428. The van der Waals surface area contributed by atoms with Gasteiger partial charge in [-0.15, -0.1) is 11.3 Å². The number of rotatable bonds is 8. The number of carboxylic acid groups (broad SMARTS) is 1. The number of carbonyl (C=O) groups excluding carboxylic acids is 1. The minimum absolute atomic E-state index is 0.0573. The Balaban J connectivity index is 1.66. The van der Waals surface area contributed by atoms with E-state index in [4.69, 9.17) is 9.84 Å². The first-order valence-electron chi connectivity index (χ1n) is 10.0. The molecule has 3 rings (SSSR count). The fraction of sp³-hybridized carbons (Fsp3) is 0.250. The van der Waals surface area contributed by atoms with Gasteiger partial charge < -0.3 is 15.2 Å². The van der Waals surface area contributed by atoms with Gasteiger partial charge in [0.2, 0.25) is 0 Å². The Bertz CT molecular complexity index is 1130. The minimum Gasteiger partial charge on any atom is -0.488 e. The van der Waals surface area contributed by atoms with Gasteiger partial charge in [0.05, 0.1) is 16.9 Å². The summed E-state index contributed by atoms with van der Waals surface area (Å²) in [4.78, 5) is 23.9. The van der Waals surface area contributed by atoms with Crippen LogP contribution < -0.4 is 10.1 Å². The molecule has 2 aromatic carbocycles. The van der Waals surface area contributed by atoms with E-state index < -0.39 is 17.7 Å². The molecule has 0 aliphatic heterocycles. The van der Waals surface area contributed by atoms with Crippen LogP contribution in [0.5, 0.6) is 5.75 Å². The van der Waals surface area contributed by atoms with Gasteiger partial charge in [-0.05, 0) is 72.5 Å². The Labute approximate surface area is 192 Å². The SMILES string of the molecule is Cc1cc(OCc2ccc(C(=O)NCCC(=O)O)s2)cc(C)c1-c1ccc(C(F)(F)F)cc1. The summed E-state index contributed by atoms with van der Waals surface area (Å²) in [6.07, 6.45) is -4.52. The average Bonchev–Trinajstić information content (AvgIpc) is 3.20. The Morgan fingerprint density at radius 1 is 1.03 bits per heavy atom. The molecule has 0 spiro atoms. The molecule has 2 N–H and O–H groups in total. The molecule has 0 bridgehead atoms. The van der Waals surface area contributed by atoms with Crippen molar-refractivity contribution in [3.8, 4) is 16.9 Å². The molecule has 9 heteroatoms. The molecule has 0 saturated heterocycles. The molecule has 1 heterocycles. The van der Waals surface area contributed by atoms with Crippen LogP contribution in [0.25, 0.3) is 11.1 Å². The molecule has 1 amide bonds. The lowest BCUT2D eigenvalue weighted by Crippen LogP contribution is -2.25. The Hall–Kier alpha value is -3.33. The van der Waals surface area contributed by atoms with Crippen molar-refractivity contribution in [2.75, 3.05) is 6.54 Å². The number of carbonyl (C=O) groups is 2. The first kappa shape index (κ1) is 24.3. The summed E-state index contributed by atoms with van der Waals surface area (Å²) in [6.45, 7) is 4.04. The molecular formula is C24H22F3NO4S. The van der Waals surface area contributed by atoms with E-state index >= 15 is 0 Å². The molecule has 0 atom stereocenters. The molecule has 0 fully saturated rings. The van der Waals surface area contributed by atoms with Crippen molar-refractivity contribution < 1.29 is 32.6 Å². The van der Waals surface area contributed by atoms with Gasteiger partial charge in [-0.25, -0.2) is 0 Å². The first-order chi connectivity index (χ1) is 15.5. The maximum Gasteiger partial charge on any atom is 0.416 e. The summed E-state index contributed by atoms with van der Waals surface area (Å²) in [5, 5.41) is 11.2. The maximum absolute atomic E-state index is 12.8. The summed E-state index contributed by atoms with van der Waals surface area (Å²) < 4.78 is 44.4. The van der Waals surface area contributed by atoms with Crippen LogP contribution in [0, 0.1) is 13.8 Å². The number of hydrogen-bond donors (Lipinski definition) is 2. The lowest BCUT2D eigenvalue weighted by atomic mass is 9.94. The number of aryl methyl sites for hydroxylation is 2. The zero-order valence-corrected chi connectivity index (χ0v) is 18.8. The second-order valence-electron chi connectivity index (χ2n) is 7.46. The van der Waals surface area contributed by atoms with E-state index in [0.29, 0.717) is 16.2 Å². The van der Waals surface area contributed by atoms with Crippen molar-refractivity contribution in [3.63, 3.8) is 0 Å². The number of ether oxygens (including phenoxy) is 1. The summed E-state index contributed by atoms with van der Waals surface area (Å²) in [5.74, 6) is -0.702. The highest BCUT2D eigenvalue weighted by Gasteiger charge is 2.30. The predicted octanol–water partition coefficient (Wildman–Crippen LogP) is 5.83. The number of benzene rings is 2. The van der Waals surface area contributed by atoms with Crippen LogP contribution in [0.15, 0.2) is 48.5 Å². The number of hydrogen-bond acceptors (Lipinski definition) is 4. The van der Waals surface area contributed by atoms with Gasteiger partial charge in [-0.2, -0.15) is 13.2 Å². The summed E-state index contributed by atoms with van der Waals surface area (Å²) >= 11 is 1.25. The Kier molecular flexibility index (Phi) is 7.43. The molecule has 0 saturated carbocycles. The summed E-state index contributed by atoms with van der Waals surface area (Å²) in [7, 11) is 0. The van der Waals surface area contributed by atoms with Crippen LogP contribution >= 0.6 is 11.3 Å². The largest absolute Gasteiger partial charge is 0.488 e. The van der Waals surface area contributed by atoms with E-state index in [1.165, 1.54) is 23.5 Å². The molecular weight excluding hydrogens is 455 g/mol. The monoisotopic (exact) mass is 477 g/mol. The number of alkyl halides is 3. The molecule has 174 valence electrons. The van der Waals surface area contributed by atoms with Crippen LogP contribution in [-0.2, 0) is 17.6 Å². The van der Waals surface area contributed by atoms with Gasteiger partial charge in [0.25, 0.3) is 5.91 Å². The molecule has 0 unspecified atom stereocenters. The predicted molar refractivity (Wildman–Crippen MR) is 120 cm³/mol. The summed E-state index contributed by atoms with van der Waals surface area (Å²) in [5.41, 5.74) is 2.60. The maximum atomic E-state index is 12.8. The third-order valence-electron chi connectivity index (χ3n) is 4.90. The smallest absolute Gasteiger partial charge is 0.416 e. The molecule has 33 heavy (non-hydrogen) atoms. The van der Waals surface area contributed by atoms with Gasteiger partial charge in [0, 0.05) is 11.4 Å². The molecule has 5 nitrogen and oxygen atoms in total. The lowest BCUT2D eigenvalue weighted by Gasteiger charge is -2.14. The number of amides is 1. The van der Waals surface area contributed by atoms with Crippen LogP contribution in [0.2, 0.25) is 0 Å². The Morgan fingerprint density at radius 2 is 1.67 bits per heavy atom. The average molecular weight is 478 g/mol. The van der Waals surface area contributed by atoms with E-state index in [1.54, 1.807) is 12.1 Å². The van der Waals surface area contributed by atoms with Crippen molar-refractivity contribution in [2.45, 2.75) is 33.1 Å². The molecule has 0 radical (unpaired) electrons. The third kappa shape index (κ3) is 6.35. The highest BCUT2D eigenvalue weighted by Crippen LogP contribution is 2.34. The number of aliphatic carboxylic acids is 1. The molecule has 3 aromatic rings. The fourth-order valence-corrected chi connectivity index (χ4v) is 4.23. The molecule has 0 aliphatic carbocycles.